The second kappa shape index (κ2) is 9.14. The van der Waals surface area contributed by atoms with Crippen molar-refractivity contribution in [1.29, 1.82) is 0 Å². The predicted octanol–water partition coefficient (Wildman–Crippen LogP) is 1.17. The van der Waals surface area contributed by atoms with Crippen molar-refractivity contribution in [2.24, 2.45) is 0 Å². The van der Waals surface area contributed by atoms with Crippen molar-refractivity contribution < 1.29 is 18.7 Å². The molecule has 0 spiro atoms. The lowest BCUT2D eigenvalue weighted by Crippen LogP contribution is -2.33. The number of hydrogen-bond acceptors (Lipinski definition) is 4. The van der Waals surface area contributed by atoms with Gasteiger partial charge in [-0.05, 0) is 18.6 Å². The van der Waals surface area contributed by atoms with E-state index in [1.54, 1.807) is 30.4 Å². The van der Waals surface area contributed by atoms with Crippen LogP contribution in [-0.2, 0) is 20.9 Å². The normalized spacial score (nSPS) is 10.3. The highest BCUT2D eigenvalue weighted by Gasteiger charge is 2.12. The Bertz CT molecular complexity index is 403. The highest BCUT2D eigenvalue weighted by atomic mass is 16.5. The third-order valence-electron chi connectivity index (χ3n) is 2.83. The quantitative estimate of drug-likeness (QED) is 0.690. The first-order valence-electron chi connectivity index (χ1n) is 6.67. The van der Waals surface area contributed by atoms with Gasteiger partial charge in [-0.1, -0.05) is 0 Å². The van der Waals surface area contributed by atoms with Crippen LogP contribution in [-0.4, -0.2) is 43.5 Å². The van der Waals surface area contributed by atoms with Crippen molar-refractivity contribution in [1.82, 2.24) is 10.2 Å². The van der Waals surface area contributed by atoms with Gasteiger partial charge in [-0.15, -0.1) is 0 Å². The third-order valence-corrected chi connectivity index (χ3v) is 2.83. The maximum Gasteiger partial charge on any atom is 0.221 e. The van der Waals surface area contributed by atoms with Crippen molar-refractivity contribution in [3.8, 4) is 0 Å². The largest absolute Gasteiger partial charge is 0.467 e. The summed E-state index contributed by atoms with van der Waals surface area (Å²) in [5.41, 5.74) is 0. The molecule has 0 saturated heterocycles. The average Bonchev–Trinajstić information content (AvgIpc) is 2.92. The number of furan rings is 1. The molecule has 1 aromatic heterocycles. The van der Waals surface area contributed by atoms with Gasteiger partial charge in [0.2, 0.25) is 11.8 Å². The predicted molar refractivity (Wildman–Crippen MR) is 73.9 cm³/mol. The van der Waals surface area contributed by atoms with Crippen LogP contribution in [0.5, 0.6) is 0 Å². The number of nitrogens with one attached hydrogen (secondary N) is 1. The van der Waals surface area contributed by atoms with E-state index in [9.17, 15) is 9.59 Å². The Hall–Kier alpha value is -1.82. The van der Waals surface area contributed by atoms with Gasteiger partial charge >= 0.3 is 0 Å². The van der Waals surface area contributed by atoms with Gasteiger partial charge in [0.1, 0.15) is 5.76 Å². The van der Waals surface area contributed by atoms with Crippen LogP contribution >= 0.6 is 0 Å². The molecule has 0 aliphatic rings. The maximum absolute atomic E-state index is 11.6. The summed E-state index contributed by atoms with van der Waals surface area (Å²) < 4.78 is 10.1. The zero-order chi connectivity index (χ0) is 14.8. The van der Waals surface area contributed by atoms with Gasteiger partial charge in [0.15, 0.2) is 0 Å². The minimum atomic E-state index is -0.0754. The van der Waals surface area contributed by atoms with E-state index in [1.807, 2.05) is 0 Å². The molecule has 0 radical (unpaired) electrons. The van der Waals surface area contributed by atoms with Crippen LogP contribution in [0.4, 0.5) is 0 Å². The van der Waals surface area contributed by atoms with E-state index in [2.05, 4.69) is 5.32 Å². The molecule has 0 saturated carbocycles. The molecule has 1 N–H and O–H groups in total. The van der Waals surface area contributed by atoms with E-state index in [0.29, 0.717) is 32.0 Å². The number of nitrogens with zero attached hydrogens (tertiary/aromatic N) is 1. The van der Waals surface area contributed by atoms with Gasteiger partial charge in [0.05, 0.1) is 12.8 Å². The number of carbonyl (C=O) groups is 2. The first-order chi connectivity index (χ1) is 9.63. The van der Waals surface area contributed by atoms with E-state index in [4.69, 9.17) is 9.15 Å². The lowest BCUT2D eigenvalue weighted by Gasteiger charge is -2.19. The maximum atomic E-state index is 11.6. The topological polar surface area (TPSA) is 71.8 Å². The van der Waals surface area contributed by atoms with Crippen LogP contribution < -0.4 is 5.32 Å². The Kier molecular flexibility index (Phi) is 7.42. The fourth-order valence-electron chi connectivity index (χ4n) is 1.71. The Morgan fingerprint density at radius 2 is 2.25 bits per heavy atom. The highest BCUT2D eigenvalue weighted by molar-refractivity contribution is 5.77. The van der Waals surface area contributed by atoms with Crippen LogP contribution in [0.25, 0.3) is 0 Å². The molecule has 20 heavy (non-hydrogen) atoms. The van der Waals surface area contributed by atoms with E-state index >= 15 is 0 Å². The minimum Gasteiger partial charge on any atom is -0.467 e. The van der Waals surface area contributed by atoms with Gasteiger partial charge in [-0.2, -0.15) is 0 Å². The molecule has 0 aliphatic heterocycles. The Morgan fingerprint density at radius 1 is 1.45 bits per heavy atom. The lowest BCUT2D eigenvalue weighted by atomic mass is 10.3. The second-order valence-corrected chi connectivity index (χ2v) is 4.47. The van der Waals surface area contributed by atoms with Gasteiger partial charge in [0.25, 0.3) is 0 Å². The summed E-state index contributed by atoms with van der Waals surface area (Å²) in [5, 5.41) is 2.79. The summed E-state index contributed by atoms with van der Waals surface area (Å²) in [4.78, 5) is 24.7. The molecule has 6 nitrogen and oxygen atoms in total. The van der Waals surface area contributed by atoms with Crippen LogP contribution in [0, 0.1) is 0 Å². The highest BCUT2D eigenvalue weighted by Crippen LogP contribution is 2.06. The Morgan fingerprint density at radius 3 is 2.85 bits per heavy atom. The van der Waals surface area contributed by atoms with Crippen molar-refractivity contribution >= 4 is 11.8 Å². The molecule has 0 aliphatic carbocycles. The molecule has 0 aromatic carbocycles. The average molecular weight is 282 g/mol. The Labute approximate surface area is 119 Å². The summed E-state index contributed by atoms with van der Waals surface area (Å²) in [6, 6.07) is 3.58. The molecular formula is C14H22N2O4. The second-order valence-electron chi connectivity index (χ2n) is 4.47. The zero-order valence-electron chi connectivity index (χ0n) is 12.1. The molecule has 1 heterocycles. The van der Waals surface area contributed by atoms with E-state index in [-0.39, 0.29) is 18.2 Å². The summed E-state index contributed by atoms with van der Waals surface area (Å²) >= 11 is 0. The summed E-state index contributed by atoms with van der Waals surface area (Å²) in [6.45, 7) is 3.47. The van der Waals surface area contributed by atoms with Gasteiger partial charge in [-0.25, -0.2) is 0 Å². The molecule has 112 valence electrons. The molecule has 6 heteroatoms. The molecule has 0 unspecified atom stereocenters. The summed E-state index contributed by atoms with van der Waals surface area (Å²) in [5.74, 6) is 0.570. The zero-order valence-corrected chi connectivity index (χ0v) is 12.1. The molecule has 0 bridgehead atoms. The van der Waals surface area contributed by atoms with Gasteiger partial charge < -0.3 is 19.4 Å². The summed E-state index contributed by atoms with van der Waals surface area (Å²) in [6.07, 6.45) is 2.63. The minimum absolute atomic E-state index is 0.0632. The SMILES string of the molecule is COCCCNC(=O)CCN(Cc1ccco1)C(C)=O. The molecule has 0 fully saturated rings. The molecule has 2 amide bonds. The first kappa shape index (κ1) is 16.2. The van der Waals surface area contributed by atoms with Crippen LogP contribution in [0.1, 0.15) is 25.5 Å². The van der Waals surface area contributed by atoms with Gasteiger partial charge in [-0.3, -0.25) is 9.59 Å². The van der Waals surface area contributed by atoms with Crippen molar-refractivity contribution in [2.45, 2.75) is 26.3 Å². The smallest absolute Gasteiger partial charge is 0.221 e. The van der Waals surface area contributed by atoms with Crippen LogP contribution in [0.15, 0.2) is 22.8 Å². The molecule has 1 aromatic rings. The fraction of sp³-hybridized carbons (Fsp3) is 0.571. The summed E-state index contributed by atoms with van der Waals surface area (Å²) in [7, 11) is 1.63. The standard InChI is InChI=1S/C14H22N2O4/c1-12(17)16(11-13-5-3-10-20-13)8-6-14(18)15-7-4-9-19-2/h3,5,10H,4,6-9,11H2,1-2H3,(H,15,18). The van der Waals surface area contributed by atoms with E-state index in [1.165, 1.54) is 6.92 Å². The van der Waals surface area contributed by atoms with Crippen molar-refractivity contribution in [2.75, 3.05) is 26.8 Å². The number of methoxy groups -OCH3 is 1. The Balaban J connectivity index is 2.28. The lowest BCUT2D eigenvalue weighted by molar-refractivity contribution is -0.130. The number of hydrogen-bond donors (Lipinski definition) is 1. The fourth-order valence-corrected chi connectivity index (χ4v) is 1.71. The third kappa shape index (κ3) is 6.38. The number of ether oxygens (including phenoxy) is 1. The number of rotatable bonds is 9. The van der Waals surface area contributed by atoms with E-state index in [0.717, 1.165) is 6.42 Å². The van der Waals surface area contributed by atoms with E-state index < -0.39 is 0 Å². The van der Waals surface area contributed by atoms with Crippen LogP contribution in [0.2, 0.25) is 0 Å². The van der Waals surface area contributed by atoms with Crippen LogP contribution in [0.3, 0.4) is 0 Å². The number of carbonyl (C=O) groups excluding carboxylic acids is 2. The van der Waals surface area contributed by atoms with Crippen molar-refractivity contribution in [3.63, 3.8) is 0 Å². The molecule has 1 rings (SSSR count). The molecular weight excluding hydrogens is 260 g/mol. The molecule has 0 atom stereocenters. The monoisotopic (exact) mass is 282 g/mol. The van der Waals surface area contributed by atoms with Crippen molar-refractivity contribution in [3.05, 3.63) is 24.2 Å². The van der Waals surface area contributed by atoms with Gasteiger partial charge in [0, 0.05) is 40.2 Å². The number of amides is 2. The first-order valence-corrected chi connectivity index (χ1v) is 6.67.